The zero-order chi connectivity index (χ0) is 24.2. The lowest BCUT2D eigenvalue weighted by Gasteiger charge is -2.40. The lowest BCUT2D eigenvalue weighted by atomic mass is 10.1. The van der Waals surface area contributed by atoms with Crippen molar-refractivity contribution in [2.75, 3.05) is 46.3 Å². The number of fused-ring (bicyclic) bond motifs is 1. The molecule has 3 amide bonds. The number of carbonyl (C=O) groups excluding carboxylic acids is 2. The summed E-state index contributed by atoms with van der Waals surface area (Å²) in [6, 6.07) is 19.7. The quantitative estimate of drug-likeness (QED) is 0.697. The van der Waals surface area contributed by atoms with Gasteiger partial charge >= 0.3 is 6.03 Å². The molecule has 182 valence electrons. The van der Waals surface area contributed by atoms with Gasteiger partial charge in [-0.05, 0) is 17.5 Å². The van der Waals surface area contributed by atoms with Crippen molar-refractivity contribution in [3.63, 3.8) is 0 Å². The van der Waals surface area contributed by atoms with Crippen LogP contribution in [-0.4, -0.2) is 96.0 Å². The van der Waals surface area contributed by atoms with Crippen molar-refractivity contribution < 1.29 is 9.59 Å². The van der Waals surface area contributed by atoms with Gasteiger partial charge in [-0.15, -0.1) is 0 Å². The Hall–Kier alpha value is -3.65. The summed E-state index contributed by atoms with van der Waals surface area (Å²) in [5.74, 6) is 0.557. The molecule has 2 saturated heterocycles. The highest BCUT2D eigenvalue weighted by molar-refractivity contribution is 6.03. The van der Waals surface area contributed by atoms with Gasteiger partial charge in [0.05, 0.1) is 0 Å². The Kier molecular flexibility index (Phi) is 6.81. The maximum absolute atomic E-state index is 12.9. The number of likely N-dealkylation sites (N-methyl/N-ethyl adjacent to an activating group) is 1. The molecule has 2 aromatic carbocycles. The normalized spacial score (nSPS) is 23.0. The van der Waals surface area contributed by atoms with Gasteiger partial charge in [-0.1, -0.05) is 72.8 Å². The number of amides is 3. The molecule has 0 aromatic heterocycles. The molecule has 2 fully saturated rings. The van der Waals surface area contributed by atoms with Crippen LogP contribution in [-0.2, 0) is 11.2 Å². The minimum atomic E-state index is -0.497. The van der Waals surface area contributed by atoms with Crippen LogP contribution in [0.4, 0.5) is 4.79 Å². The van der Waals surface area contributed by atoms with Crippen LogP contribution in [0.1, 0.15) is 11.1 Å². The van der Waals surface area contributed by atoms with Gasteiger partial charge in [-0.3, -0.25) is 15.0 Å². The van der Waals surface area contributed by atoms with Gasteiger partial charge in [-0.2, -0.15) is 0 Å². The maximum Gasteiger partial charge on any atom is 0.325 e. The van der Waals surface area contributed by atoms with Crippen molar-refractivity contribution >= 4 is 24.0 Å². The van der Waals surface area contributed by atoms with E-state index in [1.54, 1.807) is 11.9 Å². The number of aliphatic imine (C=N–C) groups is 1. The van der Waals surface area contributed by atoms with Crippen LogP contribution in [0.15, 0.2) is 71.7 Å². The van der Waals surface area contributed by atoms with Crippen LogP contribution in [0.2, 0.25) is 0 Å². The van der Waals surface area contributed by atoms with Gasteiger partial charge in [0.25, 0.3) is 5.91 Å². The van der Waals surface area contributed by atoms with Gasteiger partial charge in [0.2, 0.25) is 0 Å². The van der Waals surface area contributed by atoms with Crippen molar-refractivity contribution in [2.24, 2.45) is 4.99 Å². The highest BCUT2D eigenvalue weighted by Crippen LogP contribution is 2.26. The van der Waals surface area contributed by atoms with Gasteiger partial charge < -0.3 is 14.7 Å². The second kappa shape index (κ2) is 10.3. The molecule has 3 aliphatic heterocycles. The number of piperazine rings is 1. The predicted molar refractivity (Wildman–Crippen MR) is 137 cm³/mol. The fourth-order valence-electron chi connectivity index (χ4n) is 4.94. The molecule has 35 heavy (non-hydrogen) atoms. The van der Waals surface area contributed by atoms with E-state index in [0.717, 1.165) is 45.1 Å². The van der Waals surface area contributed by atoms with Crippen molar-refractivity contribution in [1.82, 2.24) is 24.9 Å². The van der Waals surface area contributed by atoms with Gasteiger partial charge in [-0.25, -0.2) is 9.79 Å². The molecule has 0 saturated carbocycles. The molecule has 8 heteroatoms. The third kappa shape index (κ3) is 5.07. The Morgan fingerprint density at radius 1 is 0.971 bits per heavy atom. The number of nitrogens with zero attached hydrogens (tertiary/aromatic N) is 5. The SMILES string of the molecule is CN1C(=O)NC(=O)C2C1N=C(N1CCN(C/C=C\c3ccccc3)CC1)N2CCc1ccccc1. The van der Waals surface area contributed by atoms with Crippen LogP contribution in [0.25, 0.3) is 6.08 Å². The monoisotopic (exact) mass is 472 g/mol. The Morgan fingerprint density at radius 2 is 1.66 bits per heavy atom. The molecule has 2 atom stereocenters. The van der Waals surface area contributed by atoms with Crippen molar-refractivity contribution in [3.05, 3.63) is 77.9 Å². The first kappa shape index (κ1) is 23.1. The Bertz CT molecular complexity index is 1100. The molecule has 0 spiro atoms. The van der Waals surface area contributed by atoms with E-state index in [-0.39, 0.29) is 11.9 Å². The van der Waals surface area contributed by atoms with Crippen LogP contribution < -0.4 is 5.32 Å². The van der Waals surface area contributed by atoms with Crippen LogP contribution >= 0.6 is 0 Å². The highest BCUT2D eigenvalue weighted by atomic mass is 16.2. The fourth-order valence-corrected chi connectivity index (χ4v) is 4.94. The summed E-state index contributed by atoms with van der Waals surface area (Å²) in [6.45, 7) is 5.07. The first-order valence-electron chi connectivity index (χ1n) is 12.2. The number of rotatable bonds is 6. The second-order valence-electron chi connectivity index (χ2n) is 9.22. The van der Waals surface area contributed by atoms with E-state index in [1.165, 1.54) is 11.1 Å². The summed E-state index contributed by atoms with van der Waals surface area (Å²) in [6.07, 6.45) is 4.69. The summed E-state index contributed by atoms with van der Waals surface area (Å²) >= 11 is 0. The number of guanidine groups is 1. The number of benzene rings is 2. The summed E-state index contributed by atoms with van der Waals surface area (Å²) in [4.78, 5) is 38.4. The van der Waals surface area contributed by atoms with Crippen molar-refractivity contribution in [3.8, 4) is 0 Å². The summed E-state index contributed by atoms with van der Waals surface area (Å²) < 4.78 is 0. The Labute approximate surface area is 206 Å². The van der Waals surface area contributed by atoms with E-state index in [2.05, 4.69) is 56.4 Å². The van der Waals surface area contributed by atoms with Gasteiger partial charge in [0.15, 0.2) is 18.2 Å². The molecule has 2 unspecified atom stereocenters. The van der Waals surface area contributed by atoms with E-state index in [9.17, 15) is 9.59 Å². The maximum atomic E-state index is 12.9. The van der Waals surface area contributed by atoms with Crippen LogP contribution in [0.3, 0.4) is 0 Å². The molecule has 0 aliphatic carbocycles. The third-order valence-electron chi connectivity index (χ3n) is 6.95. The standard InChI is InChI=1S/C27H32N6O2/c1-30-24-23(25(34)29-27(30)35)33(16-14-22-11-6-3-7-12-22)26(28-24)32-19-17-31(18-20-32)15-8-13-21-9-4-2-5-10-21/h2-13,23-24H,14-20H2,1H3,(H,29,34,35)/b13-8-. The zero-order valence-electron chi connectivity index (χ0n) is 20.1. The van der Waals surface area contributed by atoms with E-state index in [1.807, 2.05) is 36.4 Å². The van der Waals surface area contributed by atoms with E-state index in [0.29, 0.717) is 6.54 Å². The second-order valence-corrected chi connectivity index (χ2v) is 9.22. The Balaban J connectivity index is 1.26. The number of urea groups is 1. The smallest absolute Gasteiger partial charge is 0.325 e. The number of imide groups is 1. The molecule has 3 heterocycles. The average molecular weight is 473 g/mol. The molecule has 8 nitrogen and oxygen atoms in total. The molecular formula is C27H32N6O2. The summed E-state index contributed by atoms with van der Waals surface area (Å²) in [7, 11) is 1.71. The molecule has 0 radical (unpaired) electrons. The third-order valence-corrected chi connectivity index (χ3v) is 6.95. The number of nitrogens with one attached hydrogen (secondary N) is 1. The fraction of sp³-hybridized carbons (Fsp3) is 0.370. The van der Waals surface area contributed by atoms with E-state index in [4.69, 9.17) is 4.99 Å². The average Bonchev–Trinajstić information content (AvgIpc) is 3.28. The van der Waals surface area contributed by atoms with Crippen LogP contribution in [0, 0.1) is 0 Å². The molecule has 5 rings (SSSR count). The lowest BCUT2D eigenvalue weighted by molar-refractivity contribution is -0.127. The van der Waals surface area contributed by atoms with Gasteiger partial charge in [0.1, 0.15) is 0 Å². The van der Waals surface area contributed by atoms with E-state index < -0.39 is 12.2 Å². The molecule has 3 aliphatic rings. The van der Waals surface area contributed by atoms with E-state index >= 15 is 0 Å². The van der Waals surface area contributed by atoms with Crippen molar-refractivity contribution in [2.45, 2.75) is 18.6 Å². The first-order valence-corrected chi connectivity index (χ1v) is 12.2. The Morgan fingerprint density at radius 3 is 2.37 bits per heavy atom. The molecule has 2 aromatic rings. The highest BCUT2D eigenvalue weighted by Gasteiger charge is 2.49. The predicted octanol–water partition coefficient (Wildman–Crippen LogP) is 2.11. The zero-order valence-corrected chi connectivity index (χ0v) is 20.1. The number of carbonyl (C=O) groups is 2. The summed E-state index contributed by atoms with van der Waals surface area (Å²) in [5, 5.41) is 2.49. The van der Waals surface area contributed by atoms with Crippen LogP contribution in [0.5, 0.6) is 0 Å². The molecule has 0 bridgehead atoms. The molecular weight excluding hydrogens is 440 g/mol. The van der Waals surface area contributed by atoms with Crippen molar-refractivity contribution in [1.29, 1.82) is 0 Å². The minimum absolute atomic E-state index is 0.269. The lowest BCUT2D eigenvalue weighted by Crippen LogP contribution is -2.64. The number of hydrogen-bond donors (Lipinski definition) is 1. The summed E-state index contributed by atoms with van der Waals surface area (Å²) in [5.41, 5.74) is 2.42. The first-order chi connectivity index (χ1) is 17.1. The van der Waals surface area contributed by atoms with Gasteiger partial charge in [0, 0.05) is 46.3 Å². The minimum Gasteiger partial charge on any atom is -0.340 e. The number of hydrogen-bond acceptors (Lipinski definition) is 6. The molecule has 1 N–H and O–H groups in total. The largest absolute Gasteiger partial charge is 0.340 e. The topological polar surface area (TPSA) is 71.5 Å².